The van der Waals surface area contributed by atoms with Crippen molar-refractivity contribution in [2.45, 2.75) is 18.7 Å². The fraction of sp³-hybridized carbons (Fsp3) is 0.409. The van der Waals surface area contributed by atoms with E-state index < -0.39 is 9.84 Å². The van der Waals surface area contributed by atoms with E-state index in [0.29, 0.717) is 24.2 Å². The zero-order valence-corrected chi connectivity index (χ0v) is 17.8. The van der Waals surface area contributed by atoms with E-state index in [-0.39, 0.29) is 11.7 Å². The third-order valence-corrected chi connectivity index (χ3v) is 5.90. The molecule has 1 fully saturated rings. The van der Waals surface area contributed by atoms with Gasteiger partial charge in [-0.1, -0.05) is 24.3 Å². The van der Waals surface area contributed by atoms with Crippen molar-refractivity contribution in [3.8, 4) is 5.75 Å². The van der Waals surface area contributed by atoms with Crippen molar-refractivity contribution in [2.75, 3.05) is 39.5 Å². The Kier molecular flexibility index (Phi) is 6.92. The molecule has 29 heavy (non-hydrogen) atoms. The molecule has 1 aliphatic rings. The molecule has 0 radical (unpaired) electrons. The van der Waals surface area contributed by atoms with Crippen LogP contribution in [0, 0.1) is 0 Å². The van der Waals surface area contributed by atoms with Crippen LogP contribution < -0.4 is 4.74 Å². The molecule has 1 aliphatic heterocycles. The van der Waals surface area contributed by atoms with Crippen molar-refractivity contribution in [1.82, 2.24) is 9.80 Å². The predicted octanol–water partition coefficient (Wildman–Crippen LogP) is 2.59. The molecule has 156 valence electrons. The second-order valence-corrected chi connectivity index (χ2v) is 9.68. The minimum atomic E-state index is -3.13. The number of rotatable bonds is 6. The zero-order valence-electron chi connectivity index (χ0n) is 17.0. The van der Waals surface area contributed by atoms with Crippen LogP contribution >= 0.6 is 0 Å². The van der Waals surface area contributed by atoms with Crippen LogP contribution in [-0.2, 0) is 22.1 Å². The Morgan fingerprint density at radius 2 is 1.76 bits per heavy atom. The van der Waals surface area contributed by atoms with E-state index in [1.165, 1.54) is 11.8 Å². The first-order valence-corrected chi connectivity index (χ1v) is 11.8. The largest absolute Gasteiger partial charge is 0.497 e. The number of amides is 1. The topological polar surface area (TPSA) is 66.9 Å². The van der Waals surface area contributed by atoms with Gasteiger partial charge in [0.2, 0.25) is 0 Å². The maximum atomic E-state index is 12.9. The molecular formula is C22H28N2O4S. The normalized spacial score (nSPS) is 15.7. The highest BCUT2D eigenvalue weighted by atomic mass is 32.2. The summed E-state index contributed by atoms with van der Waals surface area (Å²) in [6, 6.07) is 15.0. The molecule has 6 nitrogen and oxygen atoms in total. The molecule has 0 spiro atoms. The quantitative estimate of drug-likeness (QED) is 0.724. The Hall–Kier alpha value is -2.38. The van der Waals surface area contributed by atoms with E-state index in [4.69, 9.17) is 4.74 Å². The van der Waals surface area contributed by atoms with Crippen LogP contribution in [0.5, 0.6) is 5.75 Å². The molecule has 0 atom stereocenters. The van der Waals surface area contributed by atoms with Crippen molar-refractivity contribution >= 4 is 15.7 Å². The molecule has 2 aromatic rings. The van der Waals surface area contributed by atoms with Gasteiger partial charge in [-0.25, -0.2) is 8.42 Å². The van der Waals surface area contributed by atoms with Crippen molar-refractivity contribution in [2.24, 2.45) is 0 Å². The molecule has 0 saturated carbocycles. The summed E-state index contributed by atoms with van der Waals surface area (Å²) >= 11 is 0. The first kappa shape index (κ1) is 21.3. The molecule has 0 unspecified atom stereocenters. The highest BCUT2D eigenvalue weighted by Crippen LogP contribution is 2.16. The van der Waals surface area contributed by atoms with E-state index in [0.717, 1.165) is 31.8 Å². The Balaban J connectivity index is 1.61. The number of nitrogens with zero attached hydrogens (tertiary/aromatic N) is 2. The molecule has 3 rings (SSSR count). The van der Waals surface area contributed by atoms with Gasteiger partial charge in [0.05, 0.1) is 12.9 Å². The Morgan fingerprint density at radius 3 is 2.45 bits per heavy atom. The maximum absolute atomic E-state index is 12.9. The molecule has 0 aromatic heterocycles. The van der Waals surface area contributed by atoms with Crippen molar-refractivity contribution in [3.05, 3.63) is 65.2 Å². The highest BCUT2D eigenvalue weighted by Gasteiger charge is 2.21. The van der Waals surface area contributed by atoms with Crippen LogP contribution in [-0.4, -0.2) is 63.7 Å². The number of ether oxygens (including phenoxy) is 1. The minimum absolute atomic E-state index is 0.0355. The maximum Gasteiger partial charge on any atom is 0.253 e. The van der Waals surface area contributed by atoms with Crippen LogP contribution in [0.4, 0.5) is 0 Å². The number of carbonyl (C=O) groups is 1. The summed E-state index contributed by atoms with van der Waals surface area (Å²) in [5.74, 6) is 0.759. The smallest absolute Gasteiger partial charge is 0.253 e. The number of benzene rings is 2. The molecule has 1 saturated heterocycles. The monoisotopic (exact) mass is 416 g/mol. The third kappa shape index (κ3) is 6.30. The van der Waals surface area contributed by atoms with E-state index in [1.807, 2.05) is 17.0 Å². The summed E-state index contributed by atoms with van der Waals surface area (Å²) in [6.07, 6.45) is 2.11. The molecule has 2 aromatic carbocycles. The fourth-order valence-electron chi connectivity index (χ4n) is 3.60. The summed E-state index contributed by atoms with van der Waals surface area (Å²) in [6.45, 7) is 3.94. The zero-order chi connectivity index (χ0) is 20.9. The lowest BCUT2D eigenvalue weighted by atomic mass is 10.1. The molecule has 0 aliphatic carbocycles. The lowest BCUT2D eigenvalue weighted by molar-refractivity contribution is 0.0761. The average Bonchev–Trinajstić information content (AvgIpc) is 2.92. The lowest BCUT2D eigenvalue weighted by Crippen LogP contribution is -2.35. The van der Waals surface area contributed by atoms with E-state index in [2.05, 4.69) is 17.0 Å². The van der Waals surface area contributed by atoms with Gasteiger partial charge in [0, 0.05) is 44.5 Å². The molecule has 1 amide bonds. The van der Waals surface area contributed by atoms with Gasteiger partial charge in [-0.15, -0.1) is 0 Å². The highest BCUT2D eigenvalue weighted by molar-refractivity contribution is 7.89. The van der Waals surface area contributed by atoms with Gasteiger partial charge in [-0.2, -0.15) is 0 Å². The number of methoxy groups -OCH3 is 1. The van der Waals surface area contributed by atoms with Gasteiger partial charge in [-0.3, -0.25) is 9.69 Å². The van der Waals surface area contributed by atoms with Gasteiger partial charge in [0.15, 0.2) is 9.84 Å². The summed E-state index contributed by atoms with van der Waals surface area (Å²) in [5, 5.41) is 0. The van der Waals surface area contributed by atoms with Gasteiger partial charge in [0.1, 0.15) is 5.75 Å². The Morgan fingerprint density at radius 1 is 1.00 bits per heavy atom. The summed E-state index contributed by atoms with van der Waals surface area (Å²) in [5.41, 5.74) is 2.42. The predicted molar refractivity (Wildman–Crippen MR) is 114 cm³/mol. The first-order valence-electron chi connectivity index (χ1n) is 9.75. The number of hydrogen-bond donors (Lipinski definition) is 0. The van der Waals surface area contributed by atoms with Gasteiger partial charge >= 0.3 is 0 Å². The number of carbonyl (C=O) groups excluding carboxylic acids is 1. The van der Waals surface area contributed by atoms with E-state index in [1.54, 1.807) is 31.4 Å². The molecule has 7 heteroatoms. The molecule has 0 bridgehead atoms. The van der Waals surface area contributed by atoms with E-state index >= 15 is 0 Å². The SMILES string of the molecule is COc1ccc(CN2CCCN(C(=O)c3cccc(CS(C)(=O)=O)c3)CC2)cc1. The Bertz CT molecular complexity index is 942. The van der Waals surface area contributed by atoms with Crippen LogP contribution in [0.25, 0.3) is 0 Å². The summed E-state index contributed by atoms with van der Waals surface area (Å²) < 4.78 is 28.3. The van der Waals surface area contributed by atoms with E-state index in [9.17, 15) is 13.2 Å². The van der Waals surface area contributed by atoms with Gasteiger partial charge < -0.3 is 9.64 Å². The minimum Gasteiger partial charge on any atom is -0.497 e. The molecule has 1 heterocycles. The molecule has 0 N–H and O–H groups in total. The summed E-state index contributed by atoms with van der Waals surface area (Å²) in [7, 11) is -1.47. The van der Waals surface area contributed by atoms with Crippen LogP contribution in [0.15, 0.2) is 48.5 Å². The van der Waals surface area contributed by atoms with Crippen molar-refractivity contribution < 1.29 is 17.9 Å². The second kappa shape index (κ2) is 9.41. The van der Waals surface area contributed by atoms with Gasteiger partial charge in [-0.05, 0) is 41.8 Å². The van der Waals surface area contributed by atoms with Crippen LogP contribution in [0.1, 0.15) is 27.9 Å². The van der Waals surface area contributed by atoms with Crippen molar-refractivity contribution in [3.63, 3.8) is 0 Å². The number of hydrogen-bond acceptors (Lipinski definition) is 5. The van der Waals surface area contributed by atoms with Crippen molar-refractivity contribution in [1.29, 1.82) is 0 Å². The molecular weight excluding hydrogens is 388 g/mol. The Labute approximate surface area is 173 Å². The summed E-state index contributed by atoms with van der Waals surface area (Å²) in [4.78, 5) is 17.2. The lowest BCUT2D eigenvalue weighted by Gasteiger charge is -2.22. The van der Waals surface area contributed by atoms with Crippen LogP contribution in [0.2, 0.25) is 0 Å². The average molecular weight is 417 g/mol. The standard InChI is InChI=1S/C22H28N2O4S/c1-28-21-9-7-18(8-10-21)16-23-11-4-12-24(14-13-23)22(25)20-6-3-5-19(15-20)17-29(2,26)27/h3,5-10,15H,4,11-14,16-17H2,1-2H3. The first-order chi connectivity index (χ1) is 13.8. The third-order valence-electron chi connectivity index (χ3n) is 5.04. The fourth-order valence-corrected chi connectivity index (χ4v) is 4.39. The van der Waals surface area contributed by atoms with Gasteiger partial charge in [0.25, 0.3) is 5.91 Å². The second-order valence-electron chi connectivity index (χ2n) is 7.54. The van der Waals surface area contributed by atoms with Crippen LogP contribution in [0.3, 0.4) is 0 Å². The number of sulfone groups is 1.